The number of aromatic nitrogens is 2. The number of carbonyl (C=O) groups excluding carboxylic acids is 1. The Hall–Kier alpha value is -3.20. The van der Waals surface area contributed by atoms with E-state index in [0.29, 0.717) is 22.7 Å². The molecule has 1 N–H and O–H groups in total. The maximum Gasteiger partial charge on any atom is 0.263 e. The molecule has 1 atom stereocenters. The summed E-state index contributed by atoms with van der Waals surface area (Å²) in [5.41, 5.74) is 2.67. The molecule has 162 valence electrons. The van der Waals surface area contributed by atoms with E-state index in [1.54, 1.807) is 31.0 Å². The molecule has 3 rings (SSSR count). The van der Waals surface area contributed by atoms with E-state index in [4.69, 9.17) is 17.2 Å². The third kappa shape index (κ3) is 4.93. The molecule has 0 bridgehead atoms. The van der Waals surface area contributed by atoms with Gasteiger partial charge in [0, 0.05) is 37.0 Å². The second-order valence-electron chi connectivity index (χ2n) is 7.54. The lowest BCUT2D eigenvalue weighted by Gasteiger charge is -2.26. The fourth-order valence-corrected chi connectivity index (χ4v) is 3.23. The lowest BCUT2D eigenvalue weighted by Crippen LogP contribution is -2.41. The summed E-state index contributed by atoms with van der Waals surface area (Å²) in [6, 6.07) is 7.73. The Morgan fingerprint density at radius 2 is 1.97 bits per heavy atom. The lowest BCUT2D eigenvalue weighted by molar-refractivity contribution is -0.138. The van der Waals surface area contributed by atoms with Crippen molar-refractivity contribution in [3.05, 3.63) is 48.0 Å². The van der Waals surface area contributed by atoms with Gasteiger partial charge in [-0.15, -0.1) is 0 Å². The Morgan fingerprint density at radius 3 is 2.65 bits per heavy atom. The van der Waals surface area contributed by atoms with E-state index in [9.17, 15) is 9.18 Å². The zero-order valence-electron chi connectivity index (χ0n) is 18.0. The first-order chi connectivity index (χ1) is 14.7. The van der Waals surface area contributed by atoms with E-state index < -0.39 is 11.9 Å². The molecule has 7 nitrogen and oxygen atoms in total. The van der Waals surface area contributed by atoms with Gasteiger partial charge in [-0.2, -0.15) is 4.36 Å². The van der Waals surface area contributed by atoms with Crippen LogP contribution in [0.1, 0.15) is 26.3 Å². The second kappa shape index (κ2) is 9.30. The Balaban J connectivity index is 1.97. The molecule has 1 heterocycles. The van der Waals surface area contributed by atoms with Gasteiger partial charge in [-0.25, -0.2) is 14.4 Å². The largest absolute Gasteiger partial charge is 0.479 e. The number of halogens is 1. The third-order valence-corrected chi connectivity index (χ3v) is 5.21. The number of hydrogen-bond donors (Lipinski definition) is 1. The van der Waals surface area contributed by atoms with Crippen molar-refractivity contribution in [2.24, 2.45) is 4.36 Å². The molecule has 2 aromatic carbocycles. The third-order valence-electron chi connectivity index (χ3n) is 5.00. The van der Waals surface area contributed by atoms with E-state index in [2.05, 4.69) is 19.6 Å². The number of anilines is 2. The maximum absolute atomic E-state index is 14.0. The van der Waals surface area contributed by atoms with E-state index in [0.717, 1.165) is 10.9 Å². The SMILES string of the molecule is Cc1cc(N=S)cc2ncnc(Nc3ccc(F)cc3O[C@H](C)C(=O)N(C)C(C)C)c12. The standard InChI is InChI=1S/C22H24FN5O2S/c1-12(2)28(5)22(29)14(4)30-19-9-15(23)6-7-17(19)26-21-20-13(3)8-16(27-31)10-18(20)24-11-25-21/h6-12,14H,1-5H3,(H,24,25,26)/t14-/m1/s1. The van der Waals surface area contributed by atoms with Crippen LogP contribution in [0.5, 0.6) is 5.75 Å². The molecule has 0 fully saturated rings. The number of nitrogens with one attached hydrogen (secondary N) is 1. The number of benzene rings is 2. The predicted molar refractivity (Wildman–Crippen MR) is 121 cm³/mol. The molecule has 0 spiro atoms. The highest BCUT2D eigenvalue weighted by molar-refractivity contribution is 7.47. The smallest absolute Gasteiger partial charge is 0.263 e. The van der Waals surface area contributed by atoms with Crippen LogP contribution in [-0.4, -0.2) is 40.0 Å². The van der Waals surface area contributed by atoms with Gasteiger partial charge in [0.2, 0.25) is 0 Å². The summed E-state index contributed by atoms with van der Waals surface area (Å²) in [5, 5.41) is 3.97. The summed E-state index contributed by atoms with van der Waals surface area (Å²) in [6.07, 6.45) is 0.625. The Bertz CT molecular complexity index is 1140. The van der Waals surface area contributed by atoms with Gasteiger partial charge in [0.1, 0.15) is 23.7 Å². The molecule has 3 aromatic rings. The zero-order chi connectivity index (χ0) is 22.7. The van der Waals surface area contributed by atoms with Crippen LogP contribution in [0.4, 0.5) is 21.6 Å². The lowest BCUT2D eigenvalue weighted by atomic mass is 10.1. The molecule has 0 aliphatic rings. The van der Waals surface area contributed by atoms with Crippen molar-refractivity contribution in [3.8, 4) is 5.75 Å². The van der Waals surface area contributed by atoms with Crippen LogP contribution in [0.2, 0.25) is 0 Å². The number of aryl methyl sites for hydroxylation is 1. The van der Waals surface area contributed by atoms with Crippen molar-refractivity contribution in [3.63, 3.8) is 0 Å². The van der Waals surface area contributed by atoms with Crippen LogP contribution >= 0.6 is 0 Å². The number of fused-ring (bicyclic) bond motifs is 1. The van der Waals surface area contributed by atoms with E-state index in [1.807, 2.05) is 26.8 Å². The number of nitrogens with zero attached hydrogens (tertiary/aromatic N) is 4. The van der Waals surface area contributed by atoms with Crippen molar-refractivity contribution < 1.29 is 13.9 Å². The molecule has 1 aromatic heterocycles. The average Bonchev–Trinajstić information content (AvgIpc) is 2.74. The molecule has 9 heteroatoms. The van der Waals surface area contributed by atoms with Crippen LogP contribution in [0.25, 0.3) is 10.9 Å². The highest BCUT2D eigenvalue weighted by atomic mass is 32.1. The Kier molecular flexibility index (Phi) is 6.74. The van der Waals surface area contributed by atoms with E-state index in [-0.39, 0.29) is 17.7 Å². The normalized spacial score (nSPS) is 12.0. The van der Waals surface area contributed by atoms with E-state index >= 15 is 0 Å². The molecule has 1 amide bonds. The molecule has 0 aliphatic heterocycles. The Labute approximate surface area is 185 Å². The van der Waals surface area contributed by atoms with Gasteiger partial charge in [-0.3, -0.25) is 4.79 Å². The minimum Gasteiger partial charge on any atom is -0.479 e. The van der Waals surface area contributed by atoms with Crippen LogP contribution in [0, 0.1) is 12.7 Å². The molecule has 0 saturated heterocycles. The number of hydrogen-bond acceptors (Lipinski definition) is 7. The van der Waals surface area contributed by atoms with Crippen LogP contribution < -0.4 is 10.1 Å². The first-order valence-electron chi connectivity index (χ1n) is 9.80. The quantitative estimate of drug-likeness (QED) is 0.566. The number of amides is 1. The van der Waals surface area contributed by atoms with Crippen LogP contribution in [0.3, 0.4) is 0 Å². The first kappa shape index (κ1) is 22.5. The van der Waals surface area contributed by atoms with Gasteiger partial charge < -0.3 is 15.0 Å². The molecule has 0 aliphatic carbocycles. The number of ether oxygens (including phenoxy) is 1. The summed E-state index contributed by atoms with van der Waals surface area (Å²) in [6.45, 7) is 7.37. The average molecular weight is 442 g/mol. The minimum atomic E-state index is -0.796. The second-order valence-corrected chi connectivity index (χ2v) is 7.72. The van der Waals surface area contributed by atoms with Crippen LogP contribution in [-0.2, 0) is 17.2 Å². The van der Waals surface area contributed by atoms with Gasteiger partial charge in [0.05, 0.1) is 16.9 Å². The highest BCUT2D eigenvalue weighted by Crippen LogP contribution is 2.34. The predicted octanol–water partition coefficient (Wildman–Crippen LogP) is 4.82. The van der Waals surface area contributed by atoms with Crippen molar-refractivity contribution >= 4 is 46.4 Å². The van der Waals surface area contributed by atoms with Crippen molar-refractivity contribution in [2.75, 3.05) is 12.4 Å². The number of rotatable bonds is 7. The Morgan fingerprint density at radius 1 is 1.23 bits per heavy atom. The first-order valence-corrected chi connectivity index (χ1v) is 10.2. The molecule has 31 heavy (non-hydrogen) atoms. The summed E-state index contributed by atoms with van der Waals surface area (Å²) < 4.78 is 23.6. The van der Waals surface area contributed by atoms with Gasteiger partial charge in [0.15, 0.2) is 6.10 Å². The zero-order valence-corrected chi connectivity index (χ0v) is 18.8. The van der Waals surface area contributed by atoms with Gasteiger partial charge in [-0.05, 0) is 57.5 Å². The van der Waals surface area contributed by atoms with Crippen LogP contribution in [0.15, 0.2) is 41.0 Å². The number of likely N-dealkylation sites (N-methyl/N-ethyl adjacent to an activating group) is 1. The molecular formula is C22H24FN5O2S. The topological polar surface area (TPSA) is 79.7 Å². The van der Waals surface area contributed by atoms with Gasteiger partial charge >= 0.3 is 0 Å². The maximum atomic E-state index is 14.0. The monoisotopic (exact) mass is 441 g/mol. The molecule has 0 saturated carbocycles. The fourth-order valence-electron chi connectivity index (χ4n) is 3.13. The summed E-state index contributed by atoms with van der Waals surface area (Å²) in [7, 11) is 1.71. The van der Waals surface area contributed by atoms with Gasteiger partial charge in [-0.1, -0.05) is 0 Å². The summed E-state index contributed by atoms with van der Waals surface area (Å²) >= 11 is 4.79. The molecular weight excluding hydrogens is 417 g/mol. The molecule has 0 radical (unpaired) electrons. The number of carbonyl (C=O) groups is 1. The highest BCUT2D eigenvalue weighted by Gasteiger charge is 2.22. The van der Waals surface area contributed by atoms with Crippen molar-refractivity contribution in [2.45, 2.75) is 39.8 Å². The summed E-state index contributed by atoms with van der Waals surface area (Å²) in [5.74, 6) is 0.0549. The minimum absolute atomic E-state index is 0.0192. The molecule has 0 unspecified atom stereocenters. The van der Waals surface area contributed by atoms with Crippen molar-refractivity contribution in [1.29, 1.82) is 0 Å². The summed E-state index contributed by atoms with van der Waals surface area (Å²) in [4.78, 5) is 22.8. The van der Waals surface area contributed by atoms with Gasteiger partial charge in [0.25, 0.3) is 5.91 Å². The van der Waals surface area contributed by atoms with Crippen molar-refractivity contribution in [1.82, 2.24) is 14.9 Å². The van der Waals surface area contributed by atoms with E-state index in [1.165, 1.54) is 18.5 Å². The fraction of sp³-hybridized carbons (Fsp3) is 0.318.